The minimum Gasteiger partial charge on any atom is -0.327 e. The standard InChI is InChI=1S/C12H25N5/c1-9(8-12(2,3)4)6-10(13)7-11-14-16-17(5)15-11/h9-10H,6-8,13H2,1-5H3. The molecule has 2 unspecified atom stereocenters. The monoisotopic (exact) mass is 239 g/mol. The van der Waals surface area contributed by atoms with E-state index in [2.05, 4.69) is 43.1 Å². The summed E-state index contributed by atoms with van der Waals surface area (Å²) in [7, 11) is 1.77. The number of rotatable bonds is 5. The molecule has 2 N–H and O–H groups in total. The summed E-state index contributed by atoms with van der Waals surface area (Å²) < 4.78 is 0. The summed E-state index contributed by atoms with van der Waals surface area (Å²) in [5, 5.41) is 11.9. The van der Waals surface area contributed by atoms with Gasteiger partial charge in [0.05, 0.1) is 7.05 Å². The Morgan fingerprint density at radius 3 is 2.47 bits per heavy atom. The molecule has 17 heavy (non-hydrogen) atoms. The molecule has 0 saturated carbocycles. The normalized spacial score (nSPS) is 15.9. The second-order valence-electron chi connectivity index (χ2n) is 6.26. The lowest BCUT2D eigenvalue weighted by Crippen LogP contribution is -2.27. The molecule has 98 valence electrons. The van der Waals surface area contributed by atoms with Crippen molar-refractivity contribution >= 4 is 0 Å². The Labute approximate surface area is 104 Å². The van der Waals surface area contributed by atoms with Crippen LogP contribution in [0.2, 0.25) is 0 Å². The molecule has 0 amide bonds. The number of hydrogen-bond donors (Lipinski definition) is 1. The predicted octanol–water partition coefficient (Wildman–Crippen LogP) is 1.54. The molecular weight excluding hydrogens is 214 g/mol. The first kappa shape index (κ1) is 14.1. The molecule has 5 heteroatoms. The topological polar surface area (TPSA) is 69.6 Å². The quantitative estimate of drug-likeness (QED) is 0.846. The van der Waals surface area contributed by atoms with Gasteiger partial charge in [-0.15, -0.1) is 10.2 Å². The molecule has 0 aliphatic heterocycles. The predicted molar refractivity (Wildman–Crippen MR) is 68.3 cm³/mol. The lowest BCUT2D eigenvalue weighted by Gasteiger charge is -2.24. The summed E-state index contributed by atoms with van der Waals surface area (Å²) in [6.45, 7) is 9.05. The first-order valence-corrected chi connectivity index (χ1v) is 6.25. The Kier molecular flexibility index (Phi) is 4.62. The summed E-state index contributed by atoms with van der Waals surface area (Å²) >= 11 is 0. The summed E-state index contributed by atoms with van der Waals surface area (Å²) in [6, 6.07) is 0.122. The van der Waals surface area contributed by atoms with Gasteiger partial charge in [0.2, 0.25) is 0 Å². The summed E-state index contributed by atoms with van der Waals surface area (Å²) in [5.41, 5.74) is 6.48. The third-order valence-corrected chi connectivity index (χ3v) is 2.66. The molecule has 0 fully saturated rings. The third kappa shape index (κ3) is 5.77. The highest BCUT2D eigenvalue weighted by molar-refractivity contribution is 4.84. The zero-order valence-corrected chi connectivity index (χ0v) is 11.6. The van der Waals surface area contributed by atoms with Crippen molar-refractivity contribution in [3.8, 4) is 0 Å². The maximum absolute atomic E-state index is 6.12. The van der Waals surface area contributed by atoms with Crippen LogP contribution in [0.15, 0.2) is 0 Å². The molecule has 5 nitrogen and oxygen atoms in total. The van der Waals surface area contributed by atoms with Crippen LogP contribution in [0.3, 0.4) is 0 Å². The first-order valence-electron chi connectivity index (χ1n) is 6.25. The number of nitrogens with two attached hydrogens (primary N) is 1. The maximum atomic E-state index is 6.12. The van der Waals surface area contributed by atoms with Crippen LogP contribution < -0.4 is 5.73 Å². The van der Waals surface area contributed by atoms with E-state index in [1.807, 2.05) is 0 Å². The molecule has 0 aliphatic rings. The Morgan fingerprint density at radius 2 is 2.00 bits per heavy atom. The van der Waals surface area contributed by atoms with Gasteiger partial charge in [0.15, 0.2) is 5.82 Å². The second kappa shape index (κ2) is 5.58. The van der Waals surface area contributed by atoms with Gasteiger partial charge < -0.3 is 5.73 Å². The van der Waals surface area contributed by atoms with Crippen LogP contribution in [0.5, 0.6) is 0 Å². The minimum atomic E-state index is 0.122. The Hall–Kier alpha value is -0.970. The molecule has 2 atom stereocenters. The SMILES string of the molecule is CC(CC(N)Cc1nnn(C)n1)CC(C)(C)C. The van der Waals surface area contributed by atoms with E-state index in [-0.39, 0.29) is 6.04 Å². The smallest absolute Gasteiger partial charge is 0.176 e. The van der Waals surface area contributed by atoms with Crippen molar-refractivity contribution in [1.29, 1.82) is 0 Å². The average Bonchev–Trinajstić information content (AvgIpc) is 2.46. The summed E-state index contributed by atoms with van der Waals surface area (Å²) in [4.78, 5) is 1.47. The van der Waals surface area contributed by atoms with Crippen molar-refractivity contribution in [3.63, 3.8) is 0 Å². The molecule has 1 aromatic heterocycles. The van der Waals surface area contributed by atoms with Gasteiger partial charge in [-0.1, -0.05) is 27.7 Å². The van der Waals surface area contributed by atoms with Crippen molar-refractivity contribution < 1.29 is 0 Å². The van der Waals surface area contributed by atoms with Crippen molar-refractivity contribution in [3.05, 3.63) is 5.82 Å². The minimum absolute atomic E-state index is 0.122. The largest absolute Gasteiger partial charge is 0.327 e. The Balaban J connectivity index is 2.36. The van der Waals surface area contributed by atoms with Crippen LogP contribution >= 0.6 is 0 Å². The summed E-state index contributed by atoms with van der Waals surface area (Å²) in [6.07, 6.45) is 2.91. The van der Waals surface area contributed by atoms with E-state index in [0.29, 0.717) is 17.8 Å². The molecular formula is C12H25N5. The van der Waals surface area contributed by atoms with E-state index in [1.165, 1.54) is 11.2 Å². The van der Waals surface area contributed by atoms with Gasteiger partial charge in [0.25, 0.3) is 0 Å². The van der Waals surface area contributed by atoms with E-state index in [9.17, 15) is 0 Å². The number of hydrogen-bond acceptors (Lipinski definition) is 4. The van der Waals surface area contributed by atoms with Gasteiger partial charge in [-0.25, -0.2) is 0 Å². The van der Waals surface area contributed by atoms with Gasteiger partial charge in [-0.2, -0.15) is 4.80 Å². The lowest BCUT2D eigenvalue weighted by molar-refractivity contribution is 0.284. The van der Waals surface area contributed by atoms with Gasteiger partial charge in [0.1, 0.15) is 0 Å². The maximum Gasteiger partial charge on any atom is 0.176 e. The zero-order valence-electron chi connectivity index (χ0n) is 11.6. The van der Waals surface area contributed by atoms with E-state index in [4.69, 9.17) is 5.73 Å². The van der Waals surface area contributed by atoms with Crippen LogP contribution in [0.1, 0.15) is 46.4 Å². The first-order chi connectivity index (χ1) is 7.76. The van der Waals surface area contributed by atoms with Crippen LogP contribution in [0, 0.1) is 11.3 Å². The molecule has 0 bridgehead atoms. The van der Waals surface area contributed by atoms with Gasteiger partial charge in [-0.05, 0) is 29.4 Å². The highest BCUT2D eigenvalue weighted by Crippen LogP contribution is 2.26. The fraction of sp³-hybridized carbons (Fsp3) is 0.917. The molecule has 0 spiro atoms. The van der Waals surface area contributed by atoms with Crippen LogP contribution in [-0.2, 0) is 13.5 Å². The van der Waals surface area contributed by atoms with E-state index in [0.717, 1.165) is 12.2 Å². The molecule has 0 saturated heterocycles. The molecule has 0 radical (unpaired) electrons. The zero-order chi connectivity index (χ0) is 13.1. The van der Waals surface area contributed by atoms with Crippen molar-refractivity contribution in [2.75, 3.05) is 0 Å². The Bertz CT molecular complexity index is 339. The fourth-order valence-electron chi connectivity index (χ4n) is 2.37. The molecule has 1 heterocycles. The number of aromatic nitrogens is 4. The third-order valence-electron chi connectivity index (χ3n) is 2.66. The van der Waals surface area contributed by atoms with Crippen molar-refractivity contribution in [2.24, 2.45) is 24.1 Å². The number of aryl methyl sites for hydroxylation is 1. The van der Waals surface area contributed by atoms with E-state index >= 15 is 0 Å². The molecule has 1 aromatic rings. The van der Waals surface area contributed by atoms with Crippen LogP contribution in [0.25, 0.3) is 0 Å². The Morgan fingerprint density at radius 1 is 1.35 bits per heavy atom. The second-order valence-corrected chi connectivity index (χ2v) is 6.26. The molecule has 0 aromatic carbocycles. The van der Waals surface area contributed by atoms with E-state index < -0.39 is 0 Å². The van der Waals surface area contributed by atoms with Crippen molar-refractivity contribution in [2.45, 2.75) is 53.0 Å². The number of nitrogens with zero attached hydrogens (tertiary/aromatic N) is 4. The van der Waals surface area contributed by atoms with E-state index in [1.54, 1.807) is 7.05 Å². The van der Waals surface area contributed by atoms with Gasteiger partial charge in [-0.3, -0.25) is 0 Å². The number of tetrazole rings is 1. The molecule has 1 rings (SSSR count). The molecule has 0 aliphatic carbocycles. The van der Waals surface area contributed by atoms with Gasteiger partial charge in [0, 0.05) is 12.5 Å². The lowest BCUT2D eigenvalue weighted by atomic mass is 9.82. The van der Waals surface area contributed by atoms with Gasteiger partial charge >= 0.3 is 0 Å². The average molecular weight is 239 g/mol. The summed E-state index contributed by atoms with van der Waals surface area (Å²) in [5.74, 6) is 1.37. The highest BCUT2D eigenvalue weighted by atomic mass is 15.6. The fourth-order valence-corrected chi connectivity index (χ4v) is 2.37. The van der Waals surface area contributed by atoms with Crippen LogP contribution in [-0.4, -0.2) is 26.2 Å². The highest BCUT2D eigenvalue weighted by Gasteiger charge is 2.18. The van der Waals surface area contributed by atoms with Crippen molar-refractivity contribution in [1.82, 2.24) is 20.2 Å². The van der Waals surface area contributed by atoms with Crippen LogP contribution in [0.4, 0.5) is 0 Å².